The Balaban J connectivity index is 2.10. The zero-order chi connectivity index (χ0) is 12.3. The molecule has 2 nitrogen and oxygen atoms in total. The van der Waals surface area contributed by atoms with E-state index in [9.17, 15) is 0 Å². The van der Waals surface area contributed by atoms with Crippen LogP contribution in [0.3, 0.4) is 0 Å². The first-order chi connectivity index (χ1) is 8.19. The molecular weight excluding hydrogens is 278 g/mol. The SMILES string of the molecule is CCCC1(Cc2ccc(OC)c(Br)c2)CNC1. The van der Waals surface area contributed by atoms with Crippen LogP contribution in [0.15, 0.2) is 22.7 Å². The summed E-state index contributed by atoms with van der Waals surface area (Å²) in [7, 11) is 1.70. The summed E-state index contributed by atoms with van der Waals surface area (Å²) in [6, 6.07) is 6.42. The van der Waals surface area contributed by atoms with Crippen LogP contribution in [0.4, 0.5) is 0 Å². The van der Waals surface area contributed by atoms with Gasteiger partial charge in [0.2, 0.25) is 0 Å². The summed E-state index contributed by atoms with van der Waals surface area (Å²) in [6.45, 7) is 4.58. The van der Waals surface area contributed by atoms with Crippen LogP contribution in [-0.4, -0.2) is 20.2 Å². The number of ether oxygens (including phenoxy) is 1. The third-order valence-corrected chi connectivity index (χ3v) is 4.20. The average Bonchev–Trinajstić information content (AvgIpc) is 2.26. The van der Waals surface area contributed by atoms with Gasteiger partial charge in [-0.15, -0.1) is 0 Å². The van der Waals surface area contributed by atoms with E-state index in [-0.39, 0.29) is 0 Å². The molecule has 1 aliphatic rings. The lowest BCUT2D eigenvalue weighted by molar-refractivity contribution is 0.150. The second-order valence-corrected chi connectivity index (χ2v) is 5.85. The minimum absolute atomic E-state index is 0.489. The van der Waals surface area contributed by atoms with Crippen molar-refractivity contribution in [1.82, 2.24) is 5.32 Å². The van der Waals surface area contributed by atoms with Crippen molar-refractivity contribution in [3.8, 4) is 5.75 Å². The van der Waals surface area contributed by atoms with Crippen LogP contribution in [0.2, 0.25) is 0 Å². The molecule has 0 unspecified atom stereocenters. The quantitative estimate of drug-likeness (QED) is 0.899. The Bertz CT molecular complexity index is 388. The van der Waals surface area contributed by atoms with Crippen LogP contribution in [0.25, 0.3) is 0 Å². The second-order valence-electron chi connectivity index (χ2n) is 5.00. The van der Waals surface area contributed by atoms with Crippen LogP contribution in [0.5, 0.6) is 5.75 Å². The van der Waals surface area contributed by atoms with Gasteiger partial charge in [0.1, 0.15) is 5.75 Å². The Morgan fingerprint density at radius 3 is 2.65 bits per heavy atom. The molecule has 1 saturated heterocycles. The molecule has 0 aromatic heterocycles. The number of hydrogen-bond acceptors (Lipinski definition) is 2. The van der Waals surface area contributed by atoms with E-state index in [1.807, 2.05) is 6.07 Å². The average molecular weight is 298 g/mol. The minimum atomic E-state index is 0.489. The molecule has 94 valence electrons. The molecule has 0 amide bonds. The number of halogens is 1. The van der Waals surface area contributed by atoms with E-state index in [1.165, 1.54) is 18.4 Å². The maximum Gasteiger partial charge on any atom is 0.133 e. The van der Waals surface area contributed by atoms with Gasteiger partial charge in [-0.05, 0) is 51.9 Å². The van der Waals surface area contributed by atoms with E-state index in [4.69, 9.17) is 4.74 Å². The summed E-state index contributed by atoms with van der Waals surface area (Å²) < 4.78 is 6.31. The summed E-state index contributed by atoms with van der Waals surface area (Å²) >= 11 is 3.55. The highest BCUT2D eigenvalue weighted by molar-refractivity contribution is 9.10. The number of hydrogen-bond donors (Lipinski definition) is 1. The van der Waals surface area contributed by atoms with Crippen LogP contribution in [-0.2, 0) is 6.42 Å². The third-order valence-electron chi connectivity index (χ3n) is 3.58. The summed E-state index contributed by atoms with van der Waals surface area (Å²) in [5.41, 5.74) is 1.88. The maximum atomic E-state index is 5.26. The van der Waals surface area contributed by atoms with E-state index >= 15 is 0 Å². The third kappa shape index (κ3) is 2.83. The first kappa shape index (κ1) is 12.9. The van der Waals surface area contributed by atoms with Gasteiger partial charge in [0.25, 0.3) is 0 Å². The van der Waals surface area contributed by atoms with Crippen molar-refractivity contribution >= 4 is 15.9 Å². The molecule has 0 aliphatic carbocycles. The number of rotatable bonds is 5. The summed E-state index contributed by atoms with van der Waals surface area (Å²) in [4.78, 5) is 0. The summed E-state index contributed by atoms with van der Waals surface area (Å²) in [5, 5.41) is 3.41. The summed E-state index contributed by atoms with van der Waals surface area (Å²) in [6.07, 6.45) is 3.74. The molecule has 1 aliphatic heterocycles. The highest BCUT2D eigenvalue weighted by Crippen LogP contribution is 2.34. The highest BCUT2D eigenvalue weighted by atomic mass is 79.9. The van der Waals surface area contributed by atoms with Crippen molar-refractivity contribution in [2.75, 3.05) is 20.2 Å². The lowest BCUT2D eigenvalue weighted by Crippen LogP contribution is -2.54. The van der Waals surface area contributed by atoms with Gasteiger partial charge in [-0.25, -0.2) is 0 Å². The van der Waals surface area contributed by atoms with Gasteiger partial charge >= 0.3 is 0 Å². The van der Waals surface area contributed by atoms with E-state index in [2.05, 4.69) is 40.3 Å². The van der Waals surface area contributed by atoms with Gasteiger partial charge in [0.05, 0.1) is 11.6 Å². The van der Waals surface area contributed by atoms with E-state index < -0.39 is 0 Å². The Morgan fingerprint density at radius 1 is 1.41 bits per heavy atom. The minimum Gasteiger partial charge on any atom is -0.496 e. The Hall–Kier alpha value is -0.540. The van der Waals surface area contributed by atoms with Crippen molar-refractivity contribution < 1.29 is 4.74 Å². The highest BCUT2D eigenvalue weighted by Gasteiger charge is 2.35. The lowest BCUT2D eigenvalue weighted by Gasteiger charge is -2.43. The molecule has 0 spiro atoms. The largest absolute Gasteiger partial charge is 0.496 e. The van der Waals surface area contributed by atoms with E-state index in [0.29, 0.717) is 5.41 Å². The van der Waals surface area contributed by atoms with Gasteiger partial charge < -0.3 is 10.1 Å². The molecule has 0 bridgehead atoms. The fourth-order valence-electron chi connectivity index (χ4n) is 2.65. The van der Waals surface area contributed by atoms with Gasteiger partial charge in [-0.2, -0.15) is 0 Å². The van der Waals surface area contributed by atoms with Crippen LogP contribution in [0.1, 0.15) is 25.3 Å². The van der Waals surface area contributed by atoms with Crippen molar-refractivity contribution in [3.05, 3.63) is 28.2 Å². The Labute approximate surface area is 112 Å². The molecular formula is C14H20BrNO. The molecule has 0 saturated carbocycles. The van der Waals surface area contributed by atoms with Gasteiger partial charge in [-0.3, -0.25) is 0 Å². The molecule has 1 heterocycles. The Morgan fingerprint density at radius 2 is 2.18 bits per heavy atom. The molecule has 1 aromatic rings. The van der Waals surface area contributed by atoms with Gasteiger partial charge in [-0.1, -0.05) is 19.4 Å². The van der Waals surface area contributed by atoms with Crippen LogP contribution in [0, 0.1) is 5.41 Å². The predicted molar refractivity (Wildman–Crippen MR) is 74.6 cm³/mol. The molecule has 1 fully saturated rings. The predicted octanol–water partition coefficient (Wildman–Crippen LogP) is 3.39. The van der Waals surface area contributed by atoms with Gasteiger partial charge in [0, 0.05) is 13.1 Å². The molecule has 0 atom stereocenters. The van der Waals surface area contributed by atoms with Crippen molar-refractivity contribution in [2.24, 2.45) is 5.41 Å². The van der Waals surface area contributed by atoms with Gasteiger partial charge in [0.15, 0.2) is 0 Å². The van der Waals surface area contributed by atoms with E-state index in [1.54, 1.807) is 7.11 Å². The van der Waals surface area contributed by atoms with Crippen LogP contribution < -0.4 is 10.1 Å². The number of benzene rings is 1. The zero-order valence-corrected chi connectivity index (χ0v) is 12.1. The molecule has 0 radical (unpaired) electrons. The Kier molecular flexibility index (Phi) is 4.10. The molecule has 1 N–H and O–H groups in total. The molecule has 3 heteroatoms. The van der Waals surface area contributed by atoms with Crippen molar-refractivity contribution in [3.63, 3.8) is 0 Å². The number of nitrogens with one attached hydrogen (secondary N) is 1. The smallest absolute Gasteiger partial charge is 0.133 e. The lowest BCUT2D eigenvalue weighted by atomic mass is 9.73. The monoisotopic (exact) mass is 297 g/mol. The molecule has 17 heavy (non-hydrogen) atoms. The standard InChI is InChI=1S/C14H20BrNO/c1-3-6-14(9-16-10-14)8-11-4-5-13(17-2)12(15)7-11/h4-5,7,16H,3,6,8-10H2,1-2H3. The first-order valence-corrected chi connectivity index (χ1v) is 7.01. The maximum absolute atomic E-state index is 5.26. The van der Waals surface area contributed by atoms with E-state index in [0.717, 1.165) is 29.7 Å². The normalized spacial score (nSPS) is 17.6. The summed E-state index contributed by atoms with van der Waals surface area (Å²) in [5.74, 6) is 0.907. The molecule has 1 aromatic carbocycles. The topological polar surface area (TPSA) is 21.3 Å². The second kappa shape index (κ2) is 5.40. The van der Waals surface area contributed by atoms with Crippen LogP contribution >= 0.6 is 15.9 Å². The van der Waals surface area contributed by atoms with Crippen molar-refractivity contribution in [2.45, 2.75) is 26.2 Å². The first-order valence-electron chi connectivity index (χ1n) is 6.22. The molecule has 2 rings (SSSR count). The fourth-order valence-corrected chi connectivity index (χ4v) is 3.24. The van der Waals surface area contributed by atoms with Crippen molar-refractivity contribution in [1.29, 1.82) is 0 Å². The zero-order valence-electron chi connectivity index (χ0n) is 10.6. The fraction of sp³-hybridized carbons (Fsp3) is 0.571. The number of methoxy groups -OCH3 is 1.